The van der Waals surface area contributed by atoms with Gasteiger partial charge in [-0.05, 0) is 92.9 Å². The Morgan fingerprint density at radius 1 is 1.12 bits per heavy atom. The lowest BCUT2D eigenvalue weighted by atomic mass is 9.88. The van der Waals surface area contributed by atoms with E-state index in [0.29, 0.717) is 0 Å². The molecule has 2 heterocycles. The fourth-order valence-corrected chi connectivity index (χ4v) is 3.85. The number of aryl methyl sites for hydroxylation is 2. The van der Waals surface area contributed by atoms with Crippen LogP contribution in [-0.4, -0.2) is 27.8 Å². The number of likely N-dealkylation sites (tertiary alicyclic amines) is 1. The van der Waals surface area contributed by atoms with Gasteiger partial charge in [0, 0.05) is 23.8 Å². The quantitative estimate of drug-likeness (QED) is 0.563. The van der Waals surface area contributed by atoms with Gasteiger partial charge in [-0.3, -0.25) is 9.88 Å². The maximum absolute atomic E-state index is 5.29. The smallest absolute Gasteiger partial charge is 0.0300 e. The predicted octanol–water partition coefficient (Wildman–Crippen LogP) is 4.89. The number of aromatic nitrogens is 1. The van der Waals surface area contributed by atoms with Gasteiger partial charge in [0.15, 0.2) is 0 Å². The predicted molar refractivity (Wildman–Crippen MR) is 109 cm³/mol. The zero-order chi connectivity index (χ0) is 17.8. The highest BCUT2D eigenvalue weighted by Gasteiger charge is 2.20. The Bertz CT molecular complexity index is 745. The summed E-state index contributed by atoms with van der Waals surface area (Å²) in [6, 6.07) is 8.88. The van der Waals surface area contributed by atoms with Crippen molar-refractivity contribution in [3.8, 4) is 0 Å². The molecule has 0 spiro atoms. The average molecular weight is 353 g/mol. The first-order valence-corrected chi connectivity index (χ1v) is 9.66. The second-order valence-electron chi connectivity index (χ2n) is 7.42. The number of piperidine rings is 1. The van der Waals surface area contributed by atoms with E-state index in [-0.39, 0.29) is 0 Å². The summed E-state index contributed by atoms with van der Waals surface area (Å²) in [6.45, 7) is 9.83. The van der Waals surface area contributed by atoms with E-state index < -0.39 is 0 Å². The first-order chi connectivity index (χ1) is 12.0. The maximum Gasteiger partial charge on any atom is 0.0300 e. The third-order valence-corrected chi connectivity index (χ3v) is 5.73. The zero-order valence-electron chi connectivity index (χ0n) is 15.6. The SMILES string of the molecule is CC(=S)c1ccc(CC2CCN(Cc3ccncc3C)CC2)c(C)c1. The second kappa shape index (κ2) is 8.20. The van der Waals surface area contributed by atoms with E-state index in [1.54, 1.807) is 0 Å². The molecule has 0 radical (unpaired) electrons. The molecule has 0 saturated carbocycles. The third kappa shape index (κ3) is 4.74. The number of thiocarbonyl (C=S) groups is 1. The van der Waals surface area contributed by atoms with Gasteiger partial charge in [0.25, 0.3) is 0 Å². The molecule has 1 fully saturated rings. The van der Waals surface area contributed by atoms with Gasteiger partial charge in [-0.2, -0.15) is 0 Å². The summed E-state index contributed by atoms with van der Waals surface area (Å²) >= 11 is 5.29. The molecule has 0 unspecified atom stereocenters. The van der Waals surface area contributed by atoms with Gasteiger partial charge >= 0.3 is 0 Å². The number of hydrogen-bond donors (Lipinski definition) is 0. The highest BCUT2D eigenvalue weighted by Crippen LogP contribution is 2.25. The van der Waals surface area contributed by atoms with Gasteiger partial charge in [0.05, 0.1) is 0 Å². The summed E-state index contributed by atoms with van der Waals surface area (Å²) in [5, 5.41) is 0. The number of hydrogen-bond acceptors (Lipinski definition) is 3. The van der Waals surface area contributed by atoms with Crippen LogP contribution in [0, 0.1) is 19.8 Å². The van der Waals surface area contributed by atoms with Gasteiger partial charge in [-0.15, -0.1) is 0 Å². The summed E-state index contributed by atoms with van der Waals surface area (Å²) < 4.78 is 0. The molecule has 0 N–H and O–H groups in total. The summed E-state index contributed by atoms with van der Waals surface area (Å²) in [4.78, 5) is 7.76. The summed E-state index contributed by atoms with van der Waals surface area (Å²) in [5.41, 5.74) is 6.78. The molecule has 132 valence electrons. The minimum atomic E-state index is 0.799. The van der Waals surface area contributed by atoms with Crippen molar-refractivity contribution in [3.05, 3.63) is 64.5 Å². The fourth-order valence-electron chi connectivity index (χ4n) is 3.72. The lowest BCUT2D eigenvalue weighted by Gasteiger charge is -2.32. The molecule has 1 aromatic carbocycles. The van der Waals surface area contributed by atoms with E-state index in [9.17, 15) is 0 Å². The van der Waals surface area contributed by atoms with Crippen LogP contribution in [-0.2, 0) is 13.0 Å². The van der Waals surface area contributed by atoms with Crippen molar-refractivity contribution in [1.29, 1.82) is 0 Å². The van der Waals surface area contributed by atoms with Crippen LogP contribution in [0.15, 0.2) is 36.7 Å². The molecule has 1 aromatic heterocycles. The Hall–Kier alpha value is -1.58. The largest absolute Gasteiger partial charge is 0.299 e. The van der Waals surface area contributed by atoms with Crippen molar-refractivity contribution < 1.29 is 0 Å². The van der Waals surface area contributed by atoms with Crippen molar-refractivity contribution in [1.82, 2.24) is 9.88 Å². The lowest BCUT2D eigenvalue weighted by Crippen LogP contribution is -2.34. The number of rotatable bonds is 5. The van der Waals surface area contributed by atoms with Crippen LogP contribution >= 0.6 is 12.2 Å². The van der Waals surface area contributed by atoms with Gasteiger partial charge in [-0.1, -0.05) is 30.4 Å². The van der Waals surface area contributed by atoms with E-state index in [1.165, 1.54) is 60.2 Å². The van der Waals surface area contributed by atoms with Crippen molar-refractivity contribution in [2.24, 2.45) is 5.92 Å². The summed E-state index contributed by atoms with van der Waals surface area (Å²) in [5.74, 6) is 0.799. The van der Waals surface area contributed by atoms with E-state index >= 15 is 0 Å². The second-order valence-corrected chi connectivity index (χ2v) is 8.04. The Kier molecular flexibility index (Phi) is 5.98. The Labute approximate surface area is 157 Å². The first-order valence-electron chi connectivity index (χ1n) is 9.25. The molecule has 0 atom stereocenters. The molecular formula is C22H28N2S. The van der Waals surface area contributed by atoms with Gasteiger partial charge in [-0.25, -0.2) is 0 Å². The molecule has 0 bridgehead atoms. The van der Waals surface area contributed by atoms with Crippen LogP contribution in [0.2, 0.25) is 0 Å². The van der Waals surface area contributed by atoms with Gasteiger partial charge in [0.1, 0.15) is 0 Å². The number of pyridine rings is 1. The lowest BCUT2D eigenvalue weighted by molar-refractivity contribution is 0.176. The minimum Gasteiger partial charge on any atom is -0.299 e. The van der Waals surface area contributed by atoms with E-state index in [4.69, 9.17) is 12.2 Å². The molecular weight excluding hydrogens is 324 g/mol. The molecule has 2 nitrogen and oxygen atoms in total. The van der Waals surface area contributed by atoms with E-state index in [2.05, 4.69) is 48.0 Å². The Morgan fingerprint density at radius 2 is 1.88 bits per heavy atom. The zero-order valence-corrected chi connectivity index (χ0v) is 16.4. The molecule has 3 rings (SSSR count). The molecule has 2 aromatic rings. The van der Waals surface area contributed by atoms with Crippen LogP contribution < -0.4 is 0 Å². The molecule has 1 aliphatic heterocycles. The van der Waals surface area contributed by atoms with Crippen molar-refractivity contribution >= 4 is 17.1 Å². The topological polar surface area (TPSA) is 16.1 Å². The number of nitrogens with zero attached hydrogens (tertiary/aromatic N) is 2. The molecule has 1 saturated heterocycles. The Balaban J connectivity index is 1.54. The van der Waals surface area contributed by atoms with Crippen LogP contribution in [0.4, 0.5) is 0 Å². The van der Waals surface area contributed by atoms with Gasteiger partial charge in [0.2, 0.25) is 0 Å². The number of benzene rings is 1. The monoisotopic (exact) mass is 352 g/mol. The molecule has 0 aliphatic carbocycles. The maximum atomic E-state index is 5.29. The van der Waals surface area contributed by atoms with E-state index in [0.717, 1.165) is 17.3 Å². The van der Waals surface area contributed by atoms with Crippen molar-refractivity contribution in [2.45, 2.75) is 46.6 Å². The standard InChI is InChI=1S/C22H28N2S/c1-16-12-21(18(3)25)5-4-20(16)13-19-7-10-24(11-8-19)15-22-6-9-23-14-17(22)2/h4-6,9,12,14,19H,7-8,10-11,13,15H2,1-3H3. The average Bonchev–Trinajstić information content (AvgIpc) is 2.60. The highest BCUT2D eigenvalue weighted by molar-refractivity contribution is 7.80. The van der Waals surface area contributed by atoms with Crippen molar-refractivity contribution in [2.75, 3.05) is 13.1 Å². The highest BCUT2D eigenvalue weighted by atomic mass is 32.1. The fraction of sp³-hybridized carbons (Fsp3) is 0.455. The van der Waals surface area contributed by atoms with Crippen LogP contribution in [0.25, 0.3) is 0 Å². The van der Waals surface area contributed by atoms with Crippen LogP contribution in [0.5, 0.6) is 0 Å². The normalized spacial score (nSPS) is 16.1. The first kappa shape index (κ1) is 18.2. The van der Waals surface area contributed by atoms with Gasteiger partial charge < -0.3 is 0 Å². The molecule has 0 amide bonds. The summed E-state index contributed by atoms with van der Waals surface area (Å²) in [6.07, 6.45) is 7.65. The minimum absolute atomic E-state index is 0.799. The van der Waals surface area contributed by atoms with Crippen molar-refractivity contribution in [3.63, 3.8) is 0 Å². The molecule has 3 heteroatoms. The third-order valence-electron chi connectivity index (χ3n) is 5.50. The van der Waals surface area contributed by atoms with Crippen LogP contribution in [0.3, 0.4) is 0 Å². The van der Waals surface area contributed by atoms with Crippen LogP contribution in [0.1, 0.15) is 47.6 Å². The summed E-state index contributed by atoms with van der Waals surface area (Å²) in [7, 11) is 0. The molecule has 25 heavy (non-hydrogen) atoms. The molecule has 1 aliphatic rings. The Morgan fingerprint density at radius 3 is 2.52 bits per heavy atom. The van der Waals surface area contributed by atoms with E-state index in [1.807, 2.05) is 19.3 Å².